The maximum Gasteiger partial charge on any atom is 0.414 e. The molecule has 0 unspecified atom stereocenters. The minimum absolute atomic E-state index is 0.328. The molecule has 1 aromatic carbocycles. The lowest BCUT2D eigenvalue weighted by Gasteiger charge is -2.30. The van der Waals surface area contributed by atoms with Gasteiger partial charge in [-0.3, -0.25) is 10.1 Å². The van der Waals surface area contributed by atoms with E-state index in [1.807, 2.05) is 19.1 Å². The van der Waals surface area contributed by atoms with Crippen LogP contribution < -0.4 is 15.5 Å². The van der Waals surface area contributed by atoms with E-state index in [1.54, 1.807) is 12.1 Å². The highest BCUT2D eigenvalue weighted by atomic mass is 16.5. The minimum Gasteiger partial charge on any atom is -0.449 e. The Hall–Kier alpha value is -2.08. The summed E-state index contributed by atoms with van der Waals surface area (Å²) in [4.78, 5) is 26.1. The van der Waals surface area contributed by atoms with Crippen LogP contribution in [0.5, 0.6) is 0 Å². The van der Waals surface area contributed by atoms with Crippen molar-refractivity contribution in [3.63, 3.8) is 0 Å². The molecule has 2 rings (SSSR count). The van der Waals surface area contributed by atoms with Crippen LogP contribution in [0.2, 0.25) is 0 Å². The molecular weight excluding hydrogens is 282 g/mol. The molecule has 6 nitrogen and oxygen atoms in total. The van der Waals surface area contributed by atoms with Crippen LogP contribution in [-0.4, -0.2) is 44.8 Å². The zero-order chi connectivity index (χ0) is 15.8. The molecule has 0 aromatic heterocycles. The summed E-state index contributed by atoms with van der Waals surface area (Å²) >= 11 is 0. The van der Waals surface area contributed by atoms with Gasteiger partial charge in [0, 0.05) is 31.9 Å². The van der Waals surface area contributed by atoms with Crippen LogP contribution >= 0.6 is 0 Å². The molecule has 1 aliphatic rings. The SMILES string of the molecule is CCCCOC(=O)NC(=O)c1ccccc1N1CCNCC1. The molecule has 1 aromatic rings. The number of carbonyl (C=O) groups is 2. The first-order valence-corrected chi connectivity index (χ1v) is 7.75. The second kappa shape index (κ2) is 8.38. The predicted octanol–water partition coefficient (Wildman–Crippen LogP) is 1.76. The van der Waals surface area contributed by atoms with Gasteiger partial charge >= 0.3 is 6.09 Å². The van der Waals surface area contributed by atoms with E-state index < -0.39 is 12.0 Å². The van der Waals surface area contributed by atoms with Gasteiger partial charge in [0.1, 0.15) is 0 Å². The Balaban J connectivity index is 2.01. The quantitative estimate of drug-likeness (QED) is 0.811. The number of nitrogens with one attached hydrogen (secondary N) is 2. The van der Waals surface area contributed by atoms with Crippen LogP contribution in [0.3, 0.4) is 0 Å². The molecule has 0 saturated carbocycles. The first-order chi connectivity index (χ1) is 10.7. The summed E-state index contributed by atoms with van der Waals surface area (Å²) in [6.07, 6.45) is 1.04. The molecule has 0 aliphatic carbocycles. The largest absolute Gasteiger partial charge is 0.449 e. The maximum atomic E-state index is 12.3. The number of para-hydroxylation sites is 1. The third-order valence-electron chi connectivity index (χ3n) is 3.55. The third kappa shape index (κ3) is 4.46. The number of piperazine rings is 1. The second-order valence-electron chi connectivity index (χ2n) is 5.20. The lowest BCUT2D eigenvalue weighted by molar-refractivity contribution is 0.0919. The van der Waals surface area contributed by atoms with Gasteiger partial charge in [0.05, 0.1) is 12.2 Å². The van der Waals surface area contributed by atoms with Gasteiger partial charge in [-0.05, 0) is 18.6 Å². The highest BCUT2D eigenvalue weighted by Crippen LogP contribution is 2.20. The Labute approximate surface area is 130 Å². The summed E-state index contributed by atoms with van der Waals surface area (Å²) in [5.41, 5.74) is 1.35. The summed E-state index contributed by atoms with van der Waals surface area (Å²) < 4.78 is 4.97. The van der Waals surface area contributed by atoms with Crippen molar-refractivity contribution in [3.8, 4) is 0 Å². The van der Waals surface area contributed by atoms with E-state index in [4.69, 9.17) is 4.74 Å². The molecule has 0 bridgehead atoms. The molecule has 0 atom stereocenters. The van der Waals surface area contributed by atoms with Crippen LogP contribution in [0.4, 0.5) is 10.5 Å². The number of imide groups is 1. The van der Waals surface area contributed by atoms with Gasteiger partial charge in [-0.1, -0.05) is 25.5 Å². The molecule has 0 radical (unpaired) electrons. The molecule has 22 heavy (non-hydrogen) atoms. The first-order valence-electron chi connectivity index (χ1n) is 7.75. The zero-order valence-electron chi connectivity index (χ0n) is 12.9. The van der Waals surface area contributed by atoms with E-state index >= 15 is 0 Å². The van der Waals surface area contributed by atoms with Crippen molar-refractivity contribution in [3.05, 3.63) is 29.8 Å². The number of unbranched alkanes of at least 4 members (excludes halogenated alkanes) is 1. The van der Waals surface area contributed by atoms with E-state index in [0.717, 1.165) is 44.7 Å². The van der Waals surface area contributed by atoms with Crippen molar-refractivity contribution in [2.45, 2.75) is 19.8 Å². The summed E-state index contributed by atoms with van der Waals surface area (Å²) in [5.74, 6) is -0.421. The van der Waals surface area contributed by atoms with Crippen LogP contribution in [0.15, 0.2) is 24.3 Å². The molecule has 2 N–H and O–H groups in total. The van der Waals surface area contributed by atoms with Crippen LogP contribution in [-0.2, 0) is 4.74 Å². The number of rotatable bonds is 5. The second-order valence-corrected chi connectivity index (χ2v) is 5.20. The summed E-state index contributed by atoms with van der Waals surface area (Å²) in [7, 11) is 0. The number of ether oxygens (including phenoxy) is 1. The van der Waals surface area contributed by atoms with Gasteiger partial charge in [0.15, 0.2) is 0 Å². The number of hydrogen-bond donors (Lipinski definition) is 2. The van der Waals surface area contributed by atoms with Crippen molar-refractivity contribution >= 4 is 17.7 Å². The Morgan fingerprint density at radius 1 is 1.27 bits per heavy atom. The van der Waals surface area contributed by atoms with Gasteiger partial charge in [-0.15, -0.1) is 0 Å². The van der Waals surface area contributed by atoms with Crippen LogP contribution in [0.1, 0.15) is 30.1 Å². The molecule has 120 valence electrons. The lowest BCUT2D eigenvalue weighted by Crippen LogP contribution is -2.44. The third-order valence-corrected chi connectivity index (χ3v) is 3.55. The fourth-order valence-electron chi connectivity index (χ4n) is 2.35. The van der Waals surface area contributed by atoms with E-state index in [9.17, 15) is 9.59 Å². The number of nitrogens with zero attached hydrogens (tertiary/aromatic N) is 1. The fraction of sp³-hybridized carbons (Fsp3) is 0.500. The normalized spacial score (nSPS) is 14.5. The predicted molar refractivity (Wildman–Crippen MR) is 85.2 cm³/mol. The van der Waals surface area contributed by atoms with Crippen molar-refractivity contribution in [2.24, 2.45) is 0 Å². The summed E-state index contributed by atoms with van der Waals surface area (Å²) in [5, 5.41) is 5.57. The molecule has 2 amide bonds. The number of alkyl carbamates (subject to hydrolysis) is 1. The number of anilines is 1. The van der Waals surface area contributed by atoms with Crippen LogP contribution in [0.25, 0.3) is 0 Å². The van der Waals surface area contributed by atoms with E-state index in [0.29, 0.717) is 12.2 Å². The van der Waals surface area contributed by atoms with Gasteiger partial charge in [-0.25, -0.2) is 4.79 Å². The Morgan fingerprint density at radius 3 is 2.73 bits per heavy atom. The lowest BCUT2D eigenvalue weighted by atomic mass is 10.1. The average Bonchev–Trinajstić information content (AvgIpc) is 2.56. The minimum atomic E-state index is -0.687. The highest BCUT2D eigenvalue weighted by Gasteiger charge is 2.19. The van der Waals surface area contributed by atoms with Crippen molar-refractivity contribution in [1.29, 1.82) is 0 Å². The number of carbonyl (C=O) groups excluding carboxylic acids is 2. The average molecular weight is 305 g/mol. The van der Waals surface area contributed by atoms with Gasteiger partial charge in [0.2, 0.25) is 0 Å². The number of benzene rings is 1. The smallest absolute Gasteiger partial charge is 0.414 e. The Bertz CT molecular complexity index is 513. The molecule has 0 spiro atoms. The van der Waals surface area contributed by atoms with Crippen molar-refractivity contribution in [2.75, 3.05) is 37.7 Å². The van der Waals surface area contributed by atoms with E-state index in [-0.39, 0.29) is 0 Å². The van der Waals surface area contributed by atoms with Gasteiger partial charge in [-0.2, -0.15) is 0 Å². The monoisotopic (exact) mass is 305 g/mol. The Morgan fingerprint density at radius 2 is 2.00 bits per heavy atom. The van der Waals surface area contributed by atoms with Crippen molar-refractivity contribution in [1.82, 2.24) is 10.6 Å². The fourth-order valence-corrected chi connectivity index (χ4v) is 2.35. The number of amides is 2. The van der Waals surface area contributed by atoms with Crippen molar-refractivity contribution < 1.29 is 14.3 Å². The molecular formula is C16H23N3O3. The molecule has 1 fully saturated rings. The maximum absolute atomic E-state index is 12.3. The summed E-state index contributed by atoms with van der Waals surface area (Å²) in [6.45, 7) is 5.78. The Kier molecular flexibility index (Phi) is 6.21. The van der Waals surface area contributed by atoms with E-state index in [2.05, 4.69) is 15.5 Å². The summed E-state index contributed by atoms with van der Waals surface area (Å²) in [6, 6.07) is 7.32. The van der Waals surface area contributed by atoms with Gasteiger partial charge in [0.25, 0.3) is 5.91 Å². The molecule has 1 saturated heterocycles. The van der Waals surface area contributed by atoms with Crippen LogP contribution in [0, 0.1) is 0 Å². The molecule has 1 aliphatic heterocycles. The first kappa shape index (κ1) is 16.3. The zero-order valence-corrected chi connectivity index (χ0v) is 12.9. The highest BCUT2D eigenvalue weighted by molar-refractivity contribution is 6.06. The van der Waals surface area contributed by atoms with E-state index in [1.165, 1.54) is 0 Å². The topological polar surface area (TPSA) is 70.7 Å². The standard InChI is InChI=1S/C16H23N3O3/c1-2-3-12-22-16(21)18-15(20)13-6-4-5-7-14(13)19-10-8-17-9-11-19/h4-7,17H,2-3,8-12H2,1H3,(H,18,20,21). The molecule has 1 heterocycles. The molecule has 6 heteroatoms. The number of hydrogen-bond acceptors (Lipinski definition) is 5. The van der Waals surface area contributed by atoms with Gasteiger partial charge < -0.3 is 15.0 Å².